The van der Waals surface area contributed by atoms with Crippen LogP contribution in [0.3, 0.4) is 0 Å². The Morgan fingerprint density at radius 3 is 1.92 bits per heavy atom. The summed E-state index contributed by atoms with van der Waals surface area (Å²) in [4.78, 5) is 13.2. The van der Waals surface area contributed by atoms with Gasteiger partial charge in [-0.2, -0.15) is 4.31 Å². The van der Waals surface area contributed by atoms with Crippen molar-refractivity contribution in [2.75, 3.05) is 36.4 Å². The van der Waals surface area contributed by atoms with Crippen LogP contribution in [0, 0.1) is 6.92 Å². The van der Waals surface area contributed by atoms with Gasteiger partial charge in [-0.05, 0) is 55.5 Å². The largest absolute Gasteiger partial charge is 0.495 e. The molecule has 0 aliphatic heterocycles. The second kappa shape index (κ2) is 11.8. The van der Waals surface area contributed by atoms with Crippen molar-refractivity contribution in [2.24, 2.45) is 0 Å². The van der Waals surface area contributed by atoms with Gasteiger partial charge in [0.1, 0.15) is 12.3 Å². The number of para-hydroxylation sites is 2. The van der Waals surface area contributed by atoms with Crippen LogP contribution in [-0.4, -0.2) is 53.8 Å². The molecule has 37 heavy (non-hydrogen) atoms. The topological polar surface area (TPSA) is 113 Å². The number of carbonyl (C=O) groups excluding carboxylic acids is 1. The highest BCUT2D eigenvalue weighted by atomic mass is 32.2. The van der Waals surface area contributed by atoms with Crippen LogP contribution < -0.4 is 14.4 Å². The molecular formula is C26H31N3O6S2. The highest BCUT2D eigenvalue weighted by molar-refractivity contribution is 7.93. The molecule has 1 amide bonds. The summed E-state index contributed by atoms with van der Waals surface area (Å²) in [5, 5.41) is 2.65. The Balaban J connectivity index is 1.90. The van der Waals surface area contributed by atoms with Gasteiger partial charge in [0.05, 0.1) is 22.6 Å². The summed E-state index contributed by atoms with van der Waals surface area (Å²) in [5.41, 5.74) is 1.43. The maximum absolute atomic E-state index is 13.6. The van der Waals surface area contributed by atoms with Gasteiger partial charge >= 0.3 is 0 Å². The molecule has 9 nitrogen and oxygen atoms in total. The summed E-state index contributed by atoms with van der Waals surface area (Å²) >= 11 is 0. The zero-order valence-corrected chi connectivity index (χ0v) is 22.8. The SMILES string of the molecule is CCN(CC)S(=O)(=O)c1ccc(NC(=O)CN(c2ccccc2OC)S(=O)(=O)c2ccc(C)cc2)cc1. The van der Waals surface area contributed by atoms with E-state index in [1.54, 1.807) is 50.2 Å². The molecule has 0 unspecified atom stereocenters. The first-order valence-electron chi connectivity index (χ1n) is 11.7. The molecule has 11 heteroatoms. The van der Waals surface area contributed by atoms with E-state index in [-0.39, 0.29) is 21.2 Å². The molecule has 3 rings (SSSR count). The van der Waals surface area contributed by atoms with Crippen LogP contribution >= 0.6 is 0 Å². The number of benzene rings is 3. The van der Waals surface area contributed by atoms with Gasteiger partial charge in [-0.25, -0.2) is 16.8 Å². The minimum absolute atomic E-state index is 0.0303. The molecule has 0 saturated heterocycles. The standard InChI is InChI=1S/C26H31N3O6S2/c1-5-28(6-2)36(31,32)22-17-13-21(14-18-22)27-26(30)19-29(24-9-7-8-10-25(24)35-4)37(33,34)23-15-11-20(3)12-16-23/h7-18H,5-6,19H2,1-4H3,(H,27,30). The van der Waals surface area contributed by atoms with Crippen LogP contribution in [0.4, 0.5) is 11.4 Å². The Labute approximate surface area is 218 Å². The number of nitrogens with one attached hydrogen (secondary N) is 1. The Bertz CT molecular complexity index is 1430. The molecule has 0 saturated carbocycles. The molecule has 0 radical (unpaired) electrons. The van der Waals surface area contributed by atoms with Crippen molar-refractivity contribution in [3.8, 4) is 5.75 Å². The Kier molecular flexibility index (Phi) is 8.95. The van der Waals surface area contributed by atoms with E-state index < -0.39 is 32.5 Å². The van der Waals surface area contributed by atoms with Gasteiger partial charge in [0, 0.05) is 18.8 Å². The molecule has 0 atom stereocenters. The van der Waals surface area contributed by atoms with Gasteiger partial charge in [0.25, 0.3) is 10.0 Å². The fraction of sp³-hybridized carbons (Fsp3) is 0.269. The van der Waals surface area contributed by atoms with E-state index in [4.69, 9.17) is 4.74 Å². The average Bonchev–Trinajstić information content (AvgIpc) is 2.88. The molecular weight excluding hydrogens is 514 g/mol. The molecule has 0 aliphatic carbocycles. The summed E-state index contributed by atoms with van der Waals surface area (Å²) in [7, 11) is -6.35. The first-order chi connectivity index (χ1) is 17.5. The molecule has 1 N–H and O–H groups in total. The Morgan fingerprint density at radius 1 is 0.811 bits per heavy atom. The van der Waals surface area contributed by atoms with Crippen LogP contribution in [0.5, 0.6) is 5.75 Å². The van der Waals surface area contributed by atoms with Crippen LogP contribution in [-0.2, 0) is 24.8 Å². The van der Waals surface area contributed by atoms with Crippen molar-refractivity contribution in [2.45, 2.75) is 30.6 Å². The quantitative estimate of drug-likeness (QED) is 0.391. The summed E-state index contributed by atoms with van der Waals surface area (Å²) in [6.07, 6.45) is 0. The molecule has 198 valence electrons. The molecule has 3 aromatic carbocycles. The number of sulfonamides is 2. The lowest BCUT2D eigenvalue weighted by atomic mass is 10.2. The summed E-state index contributed by atoms with van der Waals surface area (Å²) in [6.45, 7) is 5.51. The normalized spacial score (nSPS) is 11.8. The molecule has 0 aliphatic rings. The number of anilines is 2. The number of nitrogens with zero attached hydrogens (tertiary/aromatic N) is 2. The molecule has 0 spiro atoms. The maximum atomic E-state index is 13.6. The number of carbonyl (C=O) groups is 1. The second-order valence-corrected chi connectivity index (χ2v) is 12.0. The minimum atomic E-state index is -4.12. The van der Waals surface area contributed by atoms with Crippen LogP contribution in [0.25, 0.3) is 0 Å². The third-order valence-electron chi connectivity index (χ3n) is 5.73. The third kappa shape index (κ3) is 6.30. The lowest BCUT2D eigenvalue weighted by Crippen LogP contribution is -2.38. The number of amides is 1. The second-order valence-electron chi connectivity index (χ2n) is 8.16. The van der Waals surface area contributed by atoms with Crippen LogP contribution in [0.15, 0.2) is 82.6 Å². The number of aryl methyl sites for hydroxylation is 1. The average molecular weight is 546 g/mol. The number of methoxy groups -OCH3 is 1. The molecule has 0 heterocycles. The van der Waals surface area contributed by atoms with E-state index >= 15 is 0 Å². The predicted molar refractivity (Wildman–Crippen MR) is 144 cm³/mol. The van der Waals surface area contributed by atoms with E-state index in [1.807, 2.05) is 6.92 Å². The molecule has 0 fully saturated rings. The van der Waals surface area contributed by atoms with Gasteiger partial charge in [-0.1, -0.05) is 43.7 Å². The van der Waals surface area contributed by atoms with E-state index in [9.17, 15) is 21.6 Å². The Hall–Kier alpha value is -3.41. The van der Waals surface area contributed by atoms with Crippen molar-refractivity contribution < 1.29 is 26.4 Å². The van der Waals surface area contributed by atoms with Crippen LogP contribution in [0.2, 0.25) is 0 Å². The smallest absolute Gasteiger partial charge is 0.264 e. The minimum Gasteiger partial charge on any atom is -0.495 e. The third-order valence-corrected chi connectivity index (χ3v) is 9.57. The van der Waals surface area contributed by atoms with E-state index in [1.165, 1.54) is 47.8 Å². The molecule has 0 aromatic heterocycles. The monoisotopic (exact) mass is 545 g/mol. The molecule has 3 aromatic rings. The lowest BCUT2D eigenvalue weighted by Gasteiger charge is -2.25. The maximum Gasteiger partial charge on any atom is 0.264 e. The van der Waals surface area contributed by atoms with Gasteiger partial charge < -0.3 is 10.1 Å². The van der Waals surface area contributed by atoms with E-state index in [2.05, 4.69) is 5.32 Å². The van der Waals surface area contributed by atoms with E-state index in [0.29, 0.717) is 18.8 Å². The van der Waals surface area contributed by atoms with Crippen molar-refractivity contribution in [3.05, 3.63) is 78.4 Å². The van der Waals surface area contributed by atoms with Gasteiger partial charge in [0.15, 0.2) is 0 Å². The Morgan fingerprint density at radius 2 is 1.35 bits per heavy atom. The van der Waals surface area contributed by atoms with Crippen molar-refractivity contribution in [3.63, 3.8) is 0 Å². The van der Waals surface area contributed by atoms with E-state index in [0.717, 1.165) is 9.87 Å². The number of ether oxygens (including phenoxy) is 1. The summed E-state index contributed by atoms with van der Waals surface area (Å²) in [5.74, 6) is -0.321. The fourth-order valence-corrected chi connectivity index (χ4v) is 6.62. The predicted octanol–water partition coefficient (Wildman–Crippen LogP) is 3.87. The van der Waals surface area contributed by atoms with Gasteiger partial charge in [0.2, 0.25) is 15.9 Å². The van der Waals surface area contributed by atoms with Crippen molar-refractivity contribution >= 4 is 37.3 Å². The highest BCUT2D eigenvalue weighted by Gasteiger charge is 2.29. The van der Waals surface area contributed by atoms with Gasteiger partial charge in [-0.15, -0.1) is 0 Å². The van der Waals surface area contributed by atoms with Crippen molar-refractivity contribution in [1.82, 2.24) is 4.31 Å². The number of hydrogen-bond donors (Lipinski definition) is 1. The van der Waals surface area contributed by atoms with Crippen LogP contribution in [0.1, 0.15) is 19.4 Å². The molecule has 0 bridgehead atoms. The first-order valence-corrected chi connectivity index (χ1v) is 14.5. The zero-order chi connectivity index (χ0) is 27.2. The number of hydrogen-bond acceptors (Lipinski definition) is 6. The summed E-state index contributed by atoms with van der Waals surface area (Å²) in [6, 6.07) is 18.6. The number of rotatable bonds is 11. The first kappa shape index (κ1) is 28.2. The highest BCUT2D eigenvalue weighted by Crippen LogP contribution is 2.32. The lowest BCUT2D eigenvalue weighted by molar-refractivity contribution is -0.114. The van der Waals surface area contributed by atoms with Crippen molar-refractivity contribution in [1.29, 1.82) is 0 Å². The fourth-order valence-electron chi connectivity index (χ4n) is 3.73. The zero-order valence-electron chi connectivity index (χ0n) is 21.2. The van der Waals surface area contributed by atoms with Gasteiger partial charge in [-0.3, -0.25) is 9.10 Å². The summed E-state index contributed by atoms with van der Waals surface area (Å²) < 4.78 is 60.3.